The van der Waals surface area contributed by atoms with Gasteiger partial charge < -0.3 is 9.64 Å². The minimum Gasteiger partial charge on any atom is -0.378 e. The number of anilines is 1. The van der Waals surface area contributed by atoms with Crippen molar-refractivity contribution in [2.24, 2.45) is 0 Å². The lowest BCUT2D eigenvalue weighted by atomic mass is 10.0. The van der Waals surface area contributed by atoms with Gasteiger partial charge in [-0.15, -0.1) is 0 Å². The summed E-state index contributed by atoms with van der Waals surface area (Å²) in [6, 6.07) is 7.15. The van der Waals surface area contributed by atoms with Crippen LogP contribution in [0.25, 0.3) is 0 Å². The van der Waals surface area contributed by atoms with Gasteiger partial charge in [-0.25, -0.2) is 0 Å². The molecule has 20 heavy (non-hydrogen) atoms. The standard InChI is InChI=1S/C16H23ClN2O/c1-12(2)13-3-4-16(15(17)9-13)19-7-5-18(6-8-19)14-10-20-11-14/h3-4,9,12,14H,5-8,10-11H2,1-2H3. The van der Waals surface area contributed by atoms with E-state index in [4.69, 9.17) is 16.3 Å². The molecule has 3 nitrogen and oxygen atoms in total. The molecule has 2 aliphatic rings. The lowest BCUT2D eigenvalue weighted by Gasteiger charge is -2.43. The average Bonchev–Trinajstić information content (AvgIpc) is 2.37. The van der Waals surface area contributed by atoms with Crippen LogP contribution in [-0.4, -0.2) is 50.3 Å². The van der Waals surface area contributed by atoms with E-state index < -0.39 is 0 Å². The molecule has 0 radical (unpaired) electrons. The number of hydrogen-bond acceptors (Lipinski definition) is 3. The summed E-state index contributed by atoms with van der Waals surface area (Å²) >= 11 is 6.47. The highest BCUT2D eigenvalue weighted by Crippen LogP contribution is 2.30. The first kappa shape index (κ1) is 14.2. The number of piperazine rings is 1. The van der Waals surface area contributed by atoms with Gasteiger partial charge in [0.15, 0.2) is 0 Å². The van der Waals surface area contributed by atoms with Gasteiger partial charge in [-0.05, 0) is 23.6 Å². The van der Waals surface area contributed by atoms with Gasteiger partial charge in [0.1, 0.15) is 0 Å². The van der Waals surface area contributed by atoms with Gasteiger partial charge in [0.05, 0.1) is 30.0 Å². The zero-order valence-corrected chi connectivity index (χ0v) is 13.1. The molecule has 0 amide bonds. The predicted octanol–water partition coefficient (Wildman–Crippen LogP) is 2.98. The van der Waals surface area contributed by atoms with E-state index in [-0.39, 0.29) is 0 Å². The van der Waals surface area contributed by atoms with Gasteiger partial charge in [-0.1, -0.05) is 31.5 Å². The monoisotopic (exact) mass is 294 g/mol. The second kappa shape index (κ2) is 5.92. The molecule has 3 rings (SSSR count). The van der Waals surface area contributed by atoms with Crippen molar-refractivity contribution in [1.29, 1.82) is 0 Å². The minimum atomic E-state index is 0.525. The summed E-state index contributed by atoms with van der Waals surface area (Å²) in [7, 11) is 0. The van der Waals surface area contributed by atoms with Gasteiger partial charge >= 0.3 is 0 Å². The Labute approximate surface area is 126 Å². The quantitative estimate of drug-likeness (QED) is 0.852. The van der Waals surface area contributed by atoms with E-state index in [0.717, 1.165) is 44.4 Å². The Morgan fingerprint density at radius 1 is 1.15 bits per heavy atom. The molecule has 2 fully saturated rings. The van der Waals surface area contributed by atoms with Crippen molar-refractivity contribution in [2.75, 3.05) is 44.3 Å². The SMILES string of the molecule is CC(C)c1ccc(N2CCN(C3COC3)CC2)c(Cl)c1. The average molecular weight is 295 g/mol. The van der Waals surface area contributed by atoms with Crippen LogP contribution in [0.3, 0.4) is 0 Å². The highest BCUT2D eigenvalue weighted by molar-refractivity contribution is 6.33. The van der Waals surface area contributed by atoms with E-state index in [0.29, 0.717) is 12.0 Å². The normalized spacial score (nSPS) is 21.3. The number of nitrogens with zero attached hydrogens (tertiary/aromatic N) is 2. The third-order valence-electron chi connectivity index (χ3n) is 4.43. The Balaban J connectivity index is 1.65. The molecule has 0 aromatic heterocycles. The van der Waals surface area contributed by atoms with Crippen LogP contribution in [0.1, 0.15) is 25.3 Å². The van der Waals surface area contributed by atoms with Crippen LogP contribution >= 0.6 is 11.6 Å². The Kier molecular flexibility index (Phi) is 4.20. The highest BCUT2D eigenvalue weighted by atomic mass is 35.5. The first-order chi connectivity index (χ1) is 9.65. The highest BCUT2D eigenvalue weighted by Gasteiger charge is 2.29. The maximum absolute atomic E-state index is 6.47. The molecule has 0 unspecified atom stereocenters. The lowest BCUT2D eigenvalue weighted by Crippen LogP contribution is -2.56. The van der Waals surface area contributed by atoms with E-state index in [2.05, 4.69) is 41.8 Å². The van der Waals surface area contributed by atoms with Crippen molar-refractivity contribution in [3.8, 4) is 0 Å². The first-order valence-corrected chi connectivity index (χ1v) is 7.89. The van der Waals surface area contributed by atoms with Crippen molar-refractivity contribution < 1.29 is 4.74 Å². The molecular formula is C16H23ClN2O. The van der Waals surface area contributed by atoms with Gasteiger partial charge in [0.25, 0.3) is 0 Å². The smallest absolute Gasteiger partial charge is 0.0645 e. The summed E-state index contributed by atoms with van der Waals surface area (Å²) in [5.41, 5.74) is 2.49. The molecule has 0 atom stereocenters. The van der Waals surface area contributed by atoms with E-state index in [1.807, 2.05) is 0 Å². The molecule has 2 saturated heterocycles. The predicted molar refractivity (Wildman–Crippen MR) is 83.9 cm³/mol. The third-order valence-corrected chi connectivity index (χ3v) is 4.73. The van der Waals surface area contributed by atoms with Crippen molar-refractivity contribution in [2.45, 2.75) is 25.8 Å². The van der Waals surface area contributed by atoms with Crippen LogP contribution in [0.15, 0.2) is 18.2 Å². The number of benzene rings is 1. The van der Waals surface area contributed by atoms with Gasteiger partial charge in [-0.2, -0.15) is 0 Å². The second-order valence-electron chi connectivity index (χ2n) is 6.08. The Bertz CT molecular complexity index is 466. The molecule has 0 saturated carbocycles. The Morgan fingerprint density at radius 3 is 2.35 bits per heavy atom. The van der Waals surface area contributed by atoms with Gasteiger partial charge in [0.2, 0.25) is 0 Å². The summed E-state index contributed by atoms with van der Waals surface area (Å²) in [4.78, 5) is 4.94. The summed E-state index contributed by atoms with van der Waals surface area (Å²) in [6.07, 6.45) is 0. The van der Waals surface area contributed by atoms with E-state index >= 15 is 0 Å². The fourth-order valence-corrected chi connectivity index (χ4v) is 3.21. The molecule has 2 aliphatic heterocycles. The van der Waals surface area contributed by atoms with Crippen LogP contribution in [0.2, 0.25) is 5.02 Å². The van der Waals surface area contributed by atoms with Gasteiger partial charge in [0, 0.05) is 26.2 Å². The fourth-order valence-electron chi connectivity index (χ4n) is 2.90. The molecule has 110 valence electrons. The van der Waals surface area contributed by atoms with Crippen molar-refractivity contribution >= 4 is 17.3 Å². The molecule has 4 heteroatoms. The largest absolute Gasteiger partial charge is 0.378 e. The van der Waals surface area contributed by atoms with Crippen molar-refractivity contribution in [3.05, 3.63) is 28.8 Å². The maximum atomic E-state index is 6.47. The topological polar surface area (TPSA) is 15.7 Å². The van der Waals surface area contributed by atoms with Crippen LogP contribution in [0.5, 0.6) is 0 Å². The molecule has 1 aromatic carbocycles. The molecule has 0 N–H and O–H groups in total. The maximum Gasteiger partial charge on any atom is 0.0645 e. The van der Waals surface area contributed by atoms with Crippen LogP contribution in [0.4, 0.5) is 5.69 Å². The van der Waals surface area contributed by atoms with E-state index in [9.17, 15) is 0 Å². The summed E-state index contributed by atoms with van der Waals surface area (Å²) in [6.45, 7) is 10.5. The molecule has 0 aliphatic carbocycles. The van der Waals surface area contributed by atoms with Crippen LogP contribution in [0, 0.1) is 0 Å². The lowest BCUT2D eigenvalue weighted by molar-refractivity contribution is -0.0660. The summed E-state index contributed by atoms with van der Waals surface area (Å²) < 4.78 is 5.28. The first-order valence-electron chi connectivity index (χ1n) is 7.51. The molecule has 0 bridgehead atoms. The third kappa shape index (κ3) is 2.80. The number of ether oxygens (including phenoxy) is 1. The number of rotatable bonds is 3. The molecule has 2 heterocycles. The molecular weight excluding hydrogens is 272 g/mol. The summed E-state index contributed by atoms with van der Waals surface area (Å²) in [5.74, 6) is 0.525. The number of hydrogen-bond donors (Lipinski definition) is 0. The van der Waals surface area contributed by atoms with Crippen LogP contribution in [-0.2, 0) is 4.74 Å². The second-order valence-corrected chi connectivity index (χ2v) is 6.49. The van der Waals surface area contributed by atoms with Crippen molar-refractivity contribution in [1.82, 2.24) is 4.90 Å². The van der Waals surface area contributed by atoms with E-state index in [1.165, 1.54) is 11.3 Å². The van der Waals surface area contributed by atoms with Crippen molar-refractivity contribution in [3.63, 3.8) is 0 Å². The zero-order valence-electron chi connectivity index (χ0n) is 12.3. The van der Waals surface area contributed by atoms with Gasteiger partial charge in [-0.3, -0.25) is 4.90 Å². The molecule has 0 spiro atoms. The van der Waals surface area contributed by atoms with E-state index in [1.54, 1.807) is 0 Å². The Morgan fingerprint density at radius 2 is 1.85 bits per heavy atom. The Hall–Kier alpha value is -0.770. The van der Waals surface area contributed by atoms with Crippen LogP contribution < -0.4 is 4.90 Å². The zero-order chi connectivity index (χ0) is 14.1. The summed E-state index contributed by atoms with van der Waals surface area (Å²) in [5, 5.41) is 0.886. The number of halogens is 1. The molecule has 1 aromatic rings. The minimum absolute atomic E-state index is 0.525. The fraction of sp³-hybridized carbons (Fsp3) is 0.625.